The number of ketones is 2. The van der Waals surface area contributed by atoms with Gasteiger partial charge in [0, 0.05) is 52.4 Å². The third-order valence-corrected chi connectivity index (χ3v) is 6.49. The molecular weight excluding hydrogens is 346 g/mol. The summed E-state index contributed by atoms with van der Waals surface area (Å²) in [5, 5.41) is 0.646. The number of hydrogen-bond donors (Lipinski definition) is 0. The number of nitrogens with zero attached hydrogens (tertiary/aromatic N) is 1. The molecule has 0 radical (unpaired) electrons. The van der Waals surface area contributed by atoms with Crippen LogP contribution in [0.15, 0.2) is 46.8 Å². The molecule has 4 aliphatic rings. The van der Waals surface area contributed by atoms with Crippen molar-refractivity contribution in [2.45, 2.75) is 63.3 Å². The zero-order valence-corrected chi connectivity index (χ0v) is 15.5. The van der Waals surface area contributed by atoms with Crippen LogP contribution in [-0.2, 0) is 9.59 Å². The first-order chi connectivity index (χ1) is 12.7. The van der Waals surface area contributed by atoms with Gasteiger partial charge >= 0.3 is 0 Å². The van der Waals surface area contributed by atoms with E-state index in [9.17, 15) is 9.59 Å². The summed E-state index contributed by atoms with van der Waals surface area (Å²) >= 11 is 6.55. The summed E-state index contributed by atoms with van der Waals surface area (Å²) in [5.74, 6) is 0.128. The summed E-state index contributed by atoms with van der Waals surface area (Å²) in [5.41, 5.74) is 4.98. The van der Waals surface area contributed by atoms with Crippen LogP contribution in [0.25, 0.3) is 0 Å². The maximum absolute atomic E-state index is 13.0. The van der Waals surface area contributed by atoms with E-state index in [0.29, 0.717) is 23.9 Å². The Morgan fingerprint density at radius 1 is 0.846 bits per heavy atom. The fourth-order valence-corrected chi connectivity index (χ4v) is 5.19. The van der Waals surface area contributed by atoms with Gasteiger partial charge in [-0.25, -0.2) is 0 Å². The lowest BCUT2D eigenvalue weighted by Crippen LogP contribution is -2.40. The Labute approximate surface area is 158 Å². The van der Waals surface area contributed by atoms with Crippen molar-refractivity contribution in [2.75, 3.05) is 0 Å². The Morgan fingerprint density at radius 2 is 1.42 bits per heavy atom. The van der Waals surface area contributed by atoms with Gasteiger partial charge in [-0.1, -0.05) is 29.8 Å². The molecule has 0 saturated heterocycles. The number of Topliss-reactive ketones (excluding diaryl/α,β-unsaturated/α-hetero) is 2. The van der Waals surface area contributed by atoms with Crippen LogP contribution in [0.5, 0.6) is 0 Å². The van der Waals surface area contributed by atoms with Gasteiger partial charge in [0.1, 0.15) is 0 Å². The third kappa shape index (κ3) is 2.40. The van der Waals surface area contributed by atoms with E-state index in [-0.39, 0.29) is 17.5 Å². The van der Waals surface area contributed by atoms with E-state index in [4.69, 9.17) is 11.6 Å². The van der Waals surface area contributed by atoms with Crippen LogP contribution in [0, 0.1) is 0 Å². The zero-order valence-electron chi connectivity index (χ0n) is 14.8. The standard InChI is InChI=1S/C22H22ClNO2/c23-15-6-2-1-5-14(15)20-21-16(7-3-9-18(21)25)24(13-11-12-13)17-8-4-10-19(26)22(17)20/h1-2,5-6,13,20H,3-4,7-12H2. The van der Waals surface area contributed by atoms with Crippen LogP contribution in [-0.4, -0.2) is 22.5 Å². The molecule has 1 aromatic rings. The normalized spacial score (nSPS) is 24.1. The van der Waals surface area contributed by atoms with Crippen LogP contribution in [0.4, 0.5) is 0 Å². The van der Waals surface area contributed by atoms with Gasteiger partial charge in [0.15, 0.2) is 11.6 Å². The molecule has 0 atom stereocenters. The first-order valence-corrected chi connectivity index (χ1v) is 10.1. The Balaban J connectivity index is 1.78. The van der Waals surface area contributed by atoms with E-state index in [1.165, 1.54) is 11.4 Å². The fourth-order valence-electron chi connectivity index (χ4n) is 4.95. The smallest absolute Gasteiger partial charge is 0.161 e. The molecule has 5 rings (SSSR count). The predicted molar refractivity (Wildman–Crippen MR) is 101 cm³/mol. The lowest BCUT2D eigenvalue weighted by Gasteiger charge is -2.44. The van der Waals surface area contributed by atoms with Crippen LogP contribution >= 0.6 is 11.6 Å². The molecule has 0 amide bonds. The average molecular weight is 368 g/mol. The highest BCUT2D eigenvalue weighted by molar-refractivity contribution is 6.31. The van der Waals surface area contributed by atoms with Gasteiger partial charge < -0.3 is 4.90 Å². The minimum absolute atomic E-state index is 0.201. The topological polar surface area (TPSA) is 37.4 Å². The third-order valence-electron chi connectivity index (χ3n) is 6.14. The highest BCUT2D eigenvalue weighted by Crippen LogP contribution is 2.52. The van der Waals surface area contributed by atoms with Crippen molar-refractivity contribution in [1.29, 1.82) is 0 Å². The molecule has 3 nitrogen and oxygen atoms in total. The second-order valence-electron chi connectivity index (χ2n) is 7.83. The molecule has 1 fully saturated rings. The van der Waals surface area contributed by atoms with Crippen molar-refractivity contribution in [1.82, 2.24) is 4.90 Å². The maximum atomic E-state index is 13.0. The number of allylic oxidation sites excluding steroid dienone is 4. The highest BCUT2D eigenvalue weighted by Gasteiger charge is 2.47. The van der Waals surface area contributed by atoms with E-state index >= 15 is 0 Å². The second-order valence-corrected chi connectivity index (χ2v) is 8.24. The van der Waals surface area contributed by atoms with Crippen LogP contribution < -0.4 is 0 Å². The van der Waals surface area contributed by atoms with Gasteiger partial charge in [0.25, 0.3) is 0 Å². The van der Waals surface area contributed by atoms with Crippen molar-refractivity contribution in [3.63, 3.8) is 0 Å². The first-order valence-electron chi connectivity index (χ1n) is 9.73. The Kier molecular flexibility index (Phi) is 3.82. The Morgan fingerprint density at radius 3 is 1.96 bits per heavy atom. The van der Waals surface area contributed by atoms with Gasteiger partial charge in [-0.2, -0.15) is 0 Å². The van der Waals surface area contributed by atoms with E-state index in [2.05, 4.69) is 4.90 Å². The Hall–Kier alpha value is -1.87. The van der Waals surface area contributed by atoms with Crippen molar-refractivity contribution in [3.05, 3.63) is 57.4 Å². The molecule has 0 bridgehead atoms. The number of hydrogen-bond acceptors (Lipinski definition) is 3. The second kappa shape index (κ2) is 6.09. The number of benzene rings is 1. The molecule has 0 aromatic heterocycles. The summed E-state index contributed by atoms with van der Waals surface area (Å²) in [7, 11) is 0. The van der Waals surface area contributed by atoms with Crippen LogP contribution in [0.1, 0.15) is 62.8 Å². The summed E-state index contributed by atoms with van der Waals surface area (Å²) in [6.07, 6.45) is 7.16. The van der Waals surface area contributed by atoms with Gasteiger partial charge in [0.2, 0.25) is 0 Å². The minimum Gasteiger partial charge on any atom is -0.345 e. The largest absolute Gasteiger partial charge is 0.345 e. The predicted octanol–water partition coefficient (Wildman–Crippen LogP) is 4.92. The monoisotopic (exact) mass is 367 g/mol. The summed E-state index contributed by atoms with van der Waals surface area (Å²) in [6.45, 7) is 0. The molecular formula is C22H22ClNO2. The van der Waals surface area contributed by atoms with Gasteiger partial charge in [-0.05, 0) is 50.2 Å². The molecule has 1 aromatic carbocycles. The molecule has 3 aliphatic carbocycles. The molecule has 1 saturated carbocycles. The van der Waals surface area contributed by atoms with E-state index in [1.807, 2.05) is 24.3 Å². The van der Waals surface area contributed by atoms with Crippen molar-refractivity contribution < 1.29 is 9.59 Å². The SMILES string of the molecule is O=C1CCCC2=C1C(c1ccccc1Cl)C1=C(CCCC1=O)N2C1CC1. The van der Waals surface area contributed by atoms with Gasteiger partial charge in [0.05, 0.1) is 0 Å². The summed E-state index contributed by atoms with van der Waals surface area (Å²) in [4.78, 5) is 28.5. The zero-order chi connectivity index (χ0) is 17.8. The molecule has 1 aliphatic heterocycles. The van der Waals surface area contributed by atoms with Crippen molar-refractivity contribution in [3.8, 4) is 0 Å². The molecule has 4 heteroatoms. The quantitative estimate of drug-likeness (QED) is 0.744. The molecule has 26 heavy (non-hydrogen) atoms. The lowest BCUT2D eigenvalue weighted by molar-refractivity contribution is -0.117. The molecule has 0 unspecified atom stereocenters. The number of rotatable bonds is 2. The van der Waals surface area contributed by atoms with Crippen molar-refractivity contribution >= 4 is 23.2 Å². The molecule has 1 heterocycles. The van der Waals surface area contributed by atoms with E-state index in [1.54, 1.807) is 0 Å². The van der Waals surface area contributed by atoms with Crippen LogP contribution in [0.3, 0.4) is 0 Å². The first kappa shape index (κ1) is 16.3. The lowest BCUT2D eigenvalue weighted by atomic mass is 9.71. The minimum atomic E-state index is -0.274. The summed E-state index contributed by atoms with van der Waals surface area (Å²) < 4.78 is 0. The molecule has 0 N–H and O–H groups in total. The highest BCUT2D eigenvalue weighted by atomic mass is 35.5. The van der Waals surface area contributed by atoms with Crippen LogP contribution in [0.2, 0.25) is 5.02 Å². The fraction of sp³-hybridized carbons (Fsp3) is 0.455. The number of halogens is 1. The Bertz CT molecular complexity index is 834. The van der Waals surface area contributed by atoms with E-state index in [0.717, 1.165) is 55.2 Å². The van der Waals surface area contributed by atoms with E-state index < -0.39 is 0 Å². The summed E-state index contributed by atoms with van der Waals surface area (Å²) in [6, 6.07) is 8.19. The number of carbonyl (C=O) groups excluding carboxylic acids is 2. The van der Waals surface area contributed by atoms with Crippen molar-refractivity contribution in [2.24, 2.45) is 0 Å². The average Bonchev–Trinajstić information content (AvgIpc) is 3.46. The molecule has 0 spiro atoms. The maximum Gasteiger partial charge on any atom is 0.161 e. The molecule has 134 valence electrons. The number of carbonyl (C=O) groups is 2. The van der Waals surface area contributed by atoms with Gasteiger partial charge in [-0.3, -0.25) is 9.59 Å². The van der Waals surface area contributed by atoms with Gasteiger partial charge in [-0.15, -0.1) is 0 Å².